The zero-order valence-corrected chi connectivity index (χ0v) is 8.62. The summed E-state index contributed by atoms with van der Waals surface area (Å²) in [5, 5.41) is 10.6. The van der Waals surface area contributed by atoms with Gasteiger partial charge in [-0.3, -0.25) is 0 Å². The van der Waals surface area contributed by atoms with Gasteiger partial charge in [0.15, 0.2) is 0 Å². The van der Waals surface area contributed by atoms with Gasteiger partial charge in [-0.05, 0) is 6.07 Å². The average molecular weight is 242 g/mol. The number of hydrogen-bond donors (Lipinski definition) is 2. The second-order valence-corrected chi connectivity index (χ2v) is 6.45. The molecule has 0 aliphatic rings. The maximum absolute atomic E-state index is 10.7. The lowest BCUT2D eigenvalue weighted by Crippen LogP contribution is -2.12. The van der Waals surface area contributed by atoms with Crippen LogP contribution in [-0.4, -0.2) is 16.8 Å². The van der Waals surface area contributed by atoms with Crippen molar-refractivity contribution in [2.24, 2.45) is 10.3 Å². The fourth-order valence-electron chi connectivity index (χ4n) is 0.599. The lowest BCUT2D eigenvalue weighted by Gasteiger charge is -1.90. The van der Waals surface area contributed by atoms with Crippen LogP contribution < -0.4 is 10.3 Å². The molecule has 0 saturated carbocycles. The highest BCUT2D eigenvalue weighted by molar-refractivity contribution is 7.91. The normalized spacial score (nSPS) is 13.1. The molecule has 9 heteroatoms. The number of thiophene rings is 1. The van der Waals surface area contributed by atoms with E-state index in [2.05, 4.69) is 0 Å². The minimum absolute atomic E-state index is 0.225. The van der Waals surface area contributed by atoms with E-state index in [1.807, 2.05) is 0 Å². The summed E-state index contributed by atoms with van der Waals surface area (Å²) in [5.41, 5.74) is 0. The Morgan fingerprint density at radius 2 is 1.62 bits per heavy atom. The summed E-state index contributed by atoms with van der Waals surface area (Å²) >= 11 is 0.711. The van der Waals surface area contributed by atoms with Gasteiger partial charge in [0.1, 0.15) is 4.21 Å². The molecule has 0 amide bonds. The number of rotatable bonds is 2. The summed E-state index contributed by atoms with van der Waals surface area (Å²) in [7, 11) is -7.70. The van der Waals surface area contributed by atoms with Crippen LogP contribution in [0.5, 0.6) is 0 Å². The zero-order chi connectivity index (χ0) is 10.3. The van der Waals surface area contributed by atoms with Crippen LogP contribution in [0.1, 0.15) is 0 Å². The second-order valence-electron chi connectivity index (χ2n) is 2.19. The molecule has 74 valence electrons. The van der Waals surface area contributed by atoms with E-state index in [1.165, 1.54) is 0 Å². The molecule has 1 rings (SSSR count). The summed E-state index contributed by atoms with van der Waals surface area (Å²) in [4.78, 5) is -0.249. The van der Waals surface area contributed by atoms with Gasteiger partial charge in [-0.2, -0.15) is 0 Å². The van der Waals surface area contributed by atoms with Crippen molar-refractivity contribution >= 4 is 31.4 Å². The summed E-state index contributed by atoms with van der Waals surface area (Å²) in [6.07, 6.45) is 0. The fourth-order valence-corrected chi connectivity index (χ4v) is 3.18. The third-order valence-corrected chi connectivity index (χ3v) is 4.59. The minimum atomic E-state index is -3.85. The molecule has 13 heavy (non-hydrogen) atoms. The molecule has 0 atom stereocenters. The summed E-state index contributed by atoms with van der Waals surface area (Å²) in [5.74, 6) is 0. The van der Waals surface area contributed by atoms with E-state index in [1.54, 1.807) is 0 Å². The van der Waals surface area contributed by atoms with Crippen molar-refractivity contribution < 1.29 is 16.8 Å². The Labute approximate surface area is 79.3 Å². The Bertz CT molecular complexity index is 465. The summed E-state index contributed by atoms with van der Waals surface area (Å²) in [6.45, 7) is 0. The number of sulfonamides is 2. The van der Waals surface area contributed by atoms with E-state index in [-0.39, 0.29) is 9.10 Å². The molecule has 0 saturated heterocycles. The Morgan fingerprint density at radius 1 is 1.08 bits per heavy atom. The molecule has 1 aromatic rings. The molecular weight excluding hydrogens is 236 g/mol. The third kappa shape index (κ3) is 2.48. The van der Waals surface area contributed by atoms with Crippen LogP contribution in [0, 0.1) is 0 Å². The highest BCUT2D eigenvalue weighted by Gasteiger charge is 2.16. The SMILES string of the molecule is NS(=O)(=O)c1csc(S(N)(=O)=O)c1. The van der Waals surface area contributed by atoms with Crippen LogP contribution in [0.2, 0.25) is 0 Å². The van der Waals surface area contributed by atoms with Gasteiger partial charge in [-0.1, -0.05) is 0 Å². The maximum atomic E-state index is 10.7. The van der Waals surface area contributed by atoms with Crippen LogP contribution in [-0.2, 0) is 20.0 Å². The topological polar surface area (TPSA) is 120 Å². The Hall–Kier alpha value is -0.480. The lowest BCUT2D eigenvalue weighted by molar-refractivity contribution is 0.598. The van der Waals surface area contributed by atoms with E-state index in [9.17, 15) is 16.8 Å². The van der Waals surface area contributed by atoms with Gasteiger partial charge in [0.05, 0.1) is 4.90 Å². The Kier molecular flexibility index (Phi) is 2.47. The van der Waals surface area contributed by atoms with Crippen molar-refractivity contribution in [3.63, 3.8) is 0 Å². The smallest absolute Gasteiger partial charge is 0.225 e. The summed E-state index contributed by atoms with van der Waals surface area (Å²) in [6, 6.07) is 0.926. The third-order valence-electron chi connectivity index (χ3n) is 1.16. The monoisotopic (exact) mass is 242 g/mol. The van der Waals surface area contributed by atoms with Crippen molar-refractivity contribution in [2.45, 2.75) is 9.10 Å². The molecule has 0 aliphatic carbocycles. The van der Waals surface area contributed by atoms with Gasteiger partial charge in [0.25, 0.3) is 0 Å². The van der Waals surface area contributed by atoms with Crippen LogP contribution in [0.3, 0.4) is 0 Å². The number of nitrogens with two attached hydrogens (primary N) is 2. The quantitative estimate of drug-likeness (QED) is 0.694. The maximum Gasteiger partial charge on any atom is 0.247 e. The van der Waals surface area contributed by atoms with Crippen molar-refractivity contribution in [1.29, 1.82) is 0 Å². The largest absolute Gasteiger partial charge is 0.247 e. The second kappa shape index (κ2) is 3.03. The van der Waals surface area contributed by atoms with Crippen molar-refractivity contribution in [3.8, 4) is 0 Å². The van der Waals surface area contributed by atoms with E-state index < -0.39 is 20.0 Å². The van der Waals surface area contributed by atoms with Gasteiger partial charge in [0.2, 0.25) is 20.0 Å². The van der Waals surface area contributed by atoms with Crippen molar-refractivity contribution in [3.05, 3.63) is 11.4 Å². The van der Waals surface area contributed by atoms with Gasteiger partial charge in [-0.15, -0.1) is 11.3 Å². The van der Waals surface area contributed by atoms with E-state index >= 15 is 0 Å². The van der Waals surface area contributed by atoms with Gasteiger partial charge in [0, 0.05) is 5.38 Å². The van der Waals surface area contributed by atoms with Crippen LogP contribution in [0.25, 0.3) is 0 Å². The molecule has 0 aromatic carbocycles. The van der Waals surface area contributed by atoms with E-state index in [4.69, 9.17) is 10.3 Å². The molecule has 0 aliphatic heterocycles. The molecule has 0 spiro atoms. The number of hydrogen-bond acceptors (Lipinski definition) is 5. The molecule has 1 heterocycles. The molecule has 0 bridgehead atoms. The van der Waals surface area contributed by atoms with Crippen LogP contribution in [0.4, 0.5) is 0 Å². The molecule has 0 radical (unpaired) electrons. The summed E-state index contributed by atoms with van der Waals surface area (Å²) < 4.78 is 42.7. The van der Waals surface area contributed by atoms with Gasteiger partial charge >= 0.3 is 0 Å². The van der Waals surface area contributed by atoms with Crippen LogP contribution in [0.15, 0.2) is 20.6 Å². The first-order chi connectivity index (χ1) is 5.71. The van der Waals surface area contributed by atoms with Gasteiger partial charge in [-0.25, -0.2) is 27.1 Å². The first-order valence-corrected chi connectivity index (χ1v) is 6.82. The highest BCUT2D eigenvalue weighted by Crippen LogP contribution is 2.21. The predicted octanol–water partition coefficient (Wildman–Crippen LogP) is -0.957. The Morgan fingerprint density at radius 3 is 1.85 bits per heavy atom. The molecule has 4 N–H and O–H groups in total. The first-order valence-electron chi connectivity index (χ1n) is 2.85. The van der Waals surface area contributed by atoms with E-state index in [0.717, 1.165) is 11.4 Å². The number of primary sulfonamides is 2. The molecule has 0 fully saturated rings. The Balaban J connectivity index is 3.32. The minimum Gasteiger partial charge on any atom is -0.225 e. The highest BCUT2D eigenvalue weighted by atomic mass is 32.2. The van der Waals surface area contributed by atoms with Crippen molar-refractivity contribution in [1.82, 2.24) is 0 Å². The van der Waals surface area contributed by atoms with Crippen LogP contribution >= 0.6 is 11.3 Å². The standard InChI is InChI=1S/C4H6N2O4S3/c5-12(7,8)3-1-4(11-2-3)13(6,9)10/h1-2H,(H2,5,7,8)(H2,6,9,10). The zero-order valence-electron chi connectivity index (χ0n) is 6.17. The molecular formula is C4H6N2O4S3. The molecule has 6 nitrogen and oxygen atoms in total. The van der Waals surface area contributed by atoms with Crippen molar-refractivity contribution in [2.75, 3.05) is 0 Å². The average Bonchev–Trinajstić information content (AvgIpc) is 2.28. The molecule has 1 aromatic heterocycles. The van der Waals surface area contributed by atoms with Gasteiger partial charge < -0.3 is 0 Å². The van der Waals surface area contributed by atoms with E-state index in [0.29, 0.717) is 11.3 Å². The predicted molar refractivity (Wildman–Crippen MR) is 47.1 cm³/mol. The lowest BCUT2D eigenvalue weighted by atomic mass is 10.7. The molecule has 0 unspecified atom stereocenters. The fraction of sp³-hybridized carbons (Fsp3) is 0. The first kappa shape index (κ1) is 10.6.